The van der Waals surface area contributed by atoms with Crippen molar-refractivity contribution in [2.75, 3.05) is 65.0 Å². The minimum Gasteiger partial charge on any atom is -0.507 e. The van der Waals surface area contributed by atoms with Gasteiger partial charge in [0.15, 0.2) is 0 Å². The smallest absolute Gasteiger partial charge is 0.200 e. The van der Waals surface area contributed by atoms with Crippen molar-refractivity contribution in [1.82, 2.24) is 9.80 Å². The maximum absolute atomic E-state index is 13.5. The summed E-state index contributed by atoms with van der Waals surface area (Å²) in [5.41, 5.74) is 1.25. The van der Waals surface area contributed by atoms with E-state index in [0.717, 1.165) is 25.9 Å². The average Bonchev–Trinajstić information content (AvgIpc) is 2.73. The molecule has 0 fully saturated rings. The second-order valence-corrected chi connectivity index (χ2v) is 8.59. The zero-order valence-electron chi connectivity index (χ0n) is 20.0. The zero-order valence-corrected chi connectivity index (χ0v) is 21.6. The van der Waals surface area contributed by atoms with Crippen LogP contribution >= 0.6 is 24.8 Å². The predicted octanol–water partition coefficient (Wildman–Crippen LogP) is 3.44. The van der Waals surface area contributed by atoms with Crippen molar-refractivity contribution in [3.8, 4) is 11.5 Å². The summed E-state index contributed by atoms with van der Waals surface area (Å²) < 4.78 is 0. The number of phenolic OH excluding ortho intramolecular Hbond substituents is 2. The SMILES string of the molecule is CN(C)CCCNc1ccc(NCCCN(C)C)c2c1C(=O)c1c(O)ccc(O)c1C2=O.Cl.Cl. The Bertz CT molecular complexity index is 949. The van der Waals surface area contributed by atoms with Crippen LogP contribution in [0.5, 0.6) is 11.5 Å². The fourth-order valence-electron chi connectivity index (χ4n) is 3.90. The van der Waals surface area contributed by atoms with Gasteiger partial charge in [-0.3, -0.25) is 9.59 Å². The van der Waals surface area contributed by atoms with Gasteiger partial charge in [-0.2, -0.15) is 0 Å². The summed E-state index contributed by atoms with van der Waals surface area (Å²) in [5.74, 6) is -1.58. The topological polar surface area (TPSA) is 105 Å². The van der Waals surface area contributed by atoms with Crippen molar-refractivity contribution in [3.63, 3.8) is 0 Å². The van der Waals surface area contributed by atoms with E-state index in [1.807, 2.05) is 28.2 Å². The van der Waals surface area contributed by atoms with Crippen LogP contribution in [0.2, 0.25) is 0 Å². The molecule has 0 bridgehead atoms. The van der Waals surface area contributed by atoms with E-state index in [2.05, 4.69) is 20.4 Å². The summed E-state index contributed by atoms with van der Waals surface area (Å²) in [4.78, 5) is 31.1. The number of aromatic hydroxyl groups is 2. The summed E-state index contributed by atoms with van der Waals surface area (Å²) >= 11 is 0. The number of carbonyl (C=O) groups excluding carboxylic acids is 2. The molecule has 0 atom stereocenters. The minimum atomic E-state index is -0.477. The van der Waals surface area contributed by atoms with E-state index in [1.54, 1.807) is 12.1 Å². The summed E-state index contributed by atoms with van der Waals surface area (Å²) in [6.45, 7) is 3.01. The van der Waals surface area contributed by atoms with Crippen molar-refractivity contribution in [2.45, 2.75) is 12.8 Å². The Balaban J connectivity index is 0.00000289. The van der Waals surface area contributed by atoms with E-state index in [0.29, 0.717) is 24.5 Å². The highest BCUT2D eigenvalue weighted by Gasteiger charge is 2.37. The molecule has 0 heterocycles. The first-order valence-corrected chi connectivity index (χ1v) is 10.8. The summed E-state index contributed by atoms with van der Waals surface area (Å²) in [6, 6.07) is 6.05. The van der Waals surface area contributed by atoms with Gasteiger partial charge in [0.2, 0.25) is 11.6 Å². The molecule has 3 rings (SSSR count). The fourth-order valence-corrected chi connectivity index (χ4v) is 3.90. The number of anilines is 2. The molecule has 4 N–H and O–H groups in total. The number of rotatable bonds is 10. The normalized spacial score (nSPS) is 12.1. The van der Waals surface area contributed by atoms with Crippen molar-refractivity contribution < 1.29 is 19.8 Å². The Morgan fingerprint density at radius 2 is 1.00 bits per heavy atom. The highest BCUT2D eigenvalue weighted by Crippen LogP contribution is 2.42. The van der Waals surface area contributed by atoms with Gasteiger partial charge in [-0.05, 0) is 78.4 Å². The summed E-state index contributed by atoms with van der Waals surface area (Å²) in [7, 11) is 7.97. The van der Waals surface area contributed by atoms with Crippen LogP contribution in [0, 0.1) is 0 Å². The molecule has 0 amide bonds. The maximum Gasteiger partial charge on any atom is 0.200 e. The van der Waals surface area contributed by atoms with Gasteiger partial charge >= 0.3 is 0 Å². The van der Waals surface area contributed by atoms with E-state index in [4.69, 9.17) is 0 Å². The molecule has 2 aromatic rings. The summed E-state index contributed by atoms with van der Waals surface area (Å²) in [6.07, 6.45) is 1.72. The second-order valence-electron chi connectivity index (χ2n) is 8.59. The molecule has 8 nitrogen and oxygen atoms in total. The number of fused-ring (bicyclic) bond motifs is 2. The lowest BCUT2D eigenvalue weighted by Gasteiger charge is -2.25. The molecule has 1 aliphatic rings. The first-order chi connectivity index (χ1) is 15.2. The maximum atomic E-state index is 13.5. The number of halogens is 2. The first-order valence-electron chi connectivity index (χ1n) is 10.8. The molecule has 0 radical (unpaired) electrons. The molecule has 188 valence electrons. The highest BCUT2D eigenvalue weighted by molar-refractivity contribution is 6.33. The van der Waals surface area contributed by atoms with Crippen molar-refractivity contribution in [2.24, 2.45) is 0 Å². The van der Waals surface area contributed by atoms with Gasteiger partial charge in [-0.15, -0.1) is 24.8 Å². The Hall–Kier alpha value is -2.52. The molecule has 0 saturated carbocycles. The van der Waals surface area contributed by atoms with Gasteiger partial charge in [0.05, 0.1) is 22.3 Å². The van der Waals surface area contributed by atoms with Crippen LogP contribution in [0.3, 0.4) is 0 Å². The van der Waals surface area contributed by atoms with E-state index in [1.165, 1.54) is 12.1 Å². The van der Waals surface area contributed by atoms with Gasteiger partial charge in [0.1, 0.15) is 11.5 Å². The zero-order chi connectivity index (χ0) is 23.4. The molecule has 1 aliphatic carbocycles. The number of nitrogens with zero attached hydrogens (tertiary/aromatic N) is 2. The summed E-state index contributed by atoms with van der Waals surface area (Å²) in [5, 5.41) is 27.2. The third-order valence-corrected chi connectivity index (χ3v) is 5.47. The van der Waals surface area contributed by atoms with Gasteiger partial charge in [0.25, 0.3) is 0 Å². The first kappa shape index (κ1) is 29.5. The van der Waals surface area contributed by atoms with Crippen LogP contribution in [-0.2, 0) is 0 Å². The monoisotopic (exact) mass is 512 g/mol. The highest BCUT2D eigenvalue weighted by atomic mass is 35.5. The molecular weight excluding hydrogens is 479 g/mol. The number of hydrogen-bond donors (Lipinski definition) is 4. The molecule has 2 aromatic carbocycles. The third-order valence-electron chi connectivity index (χ3n) is 5.47. The number of carbonyl (C=O) groups is 2. The van der Waals surface area contributed by atoms with E-state index < -0.39 is 11.6 Å². The third kappa shape index (κ3) is 6.33. The standard InChI is InChI=1S/C24H32N4O4.2ClH/c1-27(2)13-5-11-25-15-7-8-16(26-12-6-14-28(3)4)20-19(15)23(31)21-17(29)9-10-18(30)22(21)24(20)32;;/h7-10,25-26,29-30H,5-6,11-14H2,1-4H3;2*1H. The number of hydrogen-bond acceptors (Lipinski definition) is 8. The Morgan fingerprint density at radius 3 is 1.32 bits per heavy atom. The lowest BCUT2D eigenvalue weighted by Crippen LogP contribution is -2.25. The number of nitrogens with one attached hydrogen (secondary N) is 2. The van der Waals surface area contributed by atoms with Crippen LogP contribution < -0.4 is 10.6 Å². The van der Waals surface area contributed by atoms with Gasteiger partial charge in [-0.1, -0.05) is 0 Å². The Morgan fingerprint density at radius 1 is 0.647 bits per heavy atom. The molecule has 0 spiro atoms. The Kier molecular flexibility index (Phi) is 11.1. The van der Waals surface area contributed by atoms with Crippen LogP contribution in [0.15, 0.2) is 24.3 Å². The molecule has 0 unspecified atom stereocenters. The minimum absolute atomic E-state index is 0. The van der Waals surface area contributed by atoms with Crippen molar-refractivity contribution >= 4 is 47.8 Å². The lowest BCUT2D eigenvalue weighted by molar-refractivity contribution is 0.0975. The second kappa shape index (κ2) is 12.8. The predicted molar refractivity (Wildman–Crippen MR) is 141 cm³/mol. The number of benzene rings is 2. The number of ketones is 2. The van der Waals surface area contributed by atoms with Crippen molar-refractivity contribution in [3.05, 3.63) is 46.5 Å². The van der Waals surface area contributed by atoms with E-state index in [-0.39, 0.29) is 58.6 Å². The van der Waals surface area contributed by atoms with Crippen LogP contribution in [0.1, 0.15) is 44.7 Å². The van der Waals surface area contributed by atoms with Gasteiger partial charge < -0.3 is 30.6 Å². The fraction of sp³-hybridized carbons (Fsp3) is 0.417. The molecule has 10 heteroatoms. The van der Waals surface area contributed by atoms with Crippen LogP contribution in [0.4, 0.5) is 11.4 Å². The van der Waals surface area contributed by atoms with Gasteiger partial charge in [0, 0.05) is 24.5 Å². The molecular formula is C24H34Cl2N4O4. The molecule has 0 aliphatic heterocycles. The Labute approximate surface area is 213 Å². The van der Waals surface area contributed by atoms with E-state index in [9.17, 15) is 19.8 Å². The molecule has 0 aromatic heterocycles. The van der Waals surface area contributed by atoms with Gasteiger partial charge in [-0.25, -0.2) is 0 Å². The van der Waals surface area contributed by atoms with Crippen LogP contribution in [0.25, 0.3) is 0 Å². The average molecular weight is 513 g/mol. The molecule has 34 heavy (non-hydrogen) atoms. The van der Waals surface area contributed by atoms with E-state index >= 15 is 0 Å². The van der Waals surface area contributed by atoms with Crippen LogP contribution in [-0.4, -0.2) is 85.9 Å². The number of phenols is 2. The molecule has 0 saturated heterocycles. The largest absolute Gasteiger partial charge is 0.507 e. The lowest BCUT2D eigenvalue weighted by atomic mass is 9.81. The quantitative estimate of drug-likeness (QED) is 0.242. The van der Waals surface area contributed by atoms with Crippen molar-refractivity contribution in [1.29, 1.82) is 0 Å².